The quantitative estimate of drug-likeness (QED) is 0.809. The van der Waals surface area contributed by atoms with Crippen molar-refractivity contribution in [1.29, 1.82) is 0 Å². The van der Waals surface area contributed by atoms with E-state index in [1.807, 2.05) is 0 Å². The fourth-order valence-electron chi connectivity index (χ4n) is 1.61. The second kappa shape index (κ2) is 7.30. The molecule has 1 aromatic carbocycles. The van der Waals surface area contributed by atoms with E-state index in [2.05, 4.69) is 5.32 Å². The number of nitrogens with zero attached hydrogens (tertiary/aromatic N) is 1. The van der Waals surface area contributed by atoms with E-state index >= 15 is 0 Å². The molecular formula is C14H17F4N3O2. The summed E-state index contributed by atoms with van der Waals surface area (Å²) in [7, 11) is 3.08. The average molecular weight is 335 g/mol. The SMILES string of the molecule is Cc1c(F)cc(C(=O)NCC(F)(F)F)cc1NCC(=O)N(C)C. The number of halogens is 4. The lowest BCUT2D eigenvalue weighted by atomic mass is 10.1. The largest absolute Gasteiger partial charge is 0.405 e. The highest BCUT2D eigenvalue weighted by atomic mass is 19.4. The molecule has 0 bridgehead atoms. The van der Waals surface area contributed by atoms with Crippen molar-refractivity contribution in [3.8, 4) is 0 Å². The minimum atomic E-state index is -4.56. The maximum absolute atomic E-state index is 13.8. The van der Waals surface area contributed by atoms with Crippen LogP contribution in [0.1, 0.15) is 15.9 Å². The third-order valence-corrected chi connectivity index (χ3v) is 2.98. The number of anilines is 1. The van der Waals surface area contributed by atoms with Crippen molar-refractivity contribution >= 4 is 17.5 Å². The van der Waals surface area contributed by atoms with Gasteiger partial charge in [0, 0.05) is 30.9 Å². The van der Waals surface area contributed by atoms with Gasteiger partial charge in [0.25, 0.3) is 5.91 Å². The van der Waals surface area contributed by atoms with Crippen LogP contribution in [0, 0.1) is 12.7 Å². The number of rotatable bonds is 5. The standard InChI is InChI=1S/C14H17F4N3O2/c1-8-10(15)4-9(13(23)20-7-14(16,17)18)5-11(8)19-6-12(22)21(2)3/h4-5,19H,6-7H2,1-3H3,(H,20,23). The molecule has 5 nitrogen and oxygen atoms in total. The maximum Gasteiger partial charge on any atom is 0.405 e. The van der Waals surface area contributed by atoms with Gasteiger partial charge in [0.2, 0.25) is 5.91 Å². The molecule has 0 saturated carbocycles. The summed E-state index contributed by atoms with van der Waals surface area (Å²) in [4.78, 5) is 24.5. The lowest BCUT2D eigenvalue weighted by molar-refractivity contribution is -0.126. The van der Waals surface area contributed by atoms with Gasteiger partial charge in [-0.2, -0.15) is 13.2 Å². The molecular weight excluding hydrogens is 318 g/mol. The Morgan fingerprint density at radius 2 is 1.83 bits per heavy atom. The van der Waals surface area contributed by atoms with Gasteiger partial charge in [0.05, 0.1) is 6.54 Å². The zero-order chi connectivity index (χ0) is 17.8. The molecule has 0 heterocycles. The molecule has 9 heteroatoms. The van der Waals surface area contributed by atoms with Crippen molar-refractivity contribution in [2.45, 2.75) is 13.1 Å². The highest BCUT2D eigenvalue weighted by molar-refractivity contribution is 5.95. The summed E-state index contributed by atoms with van der Waals surface area (Å²) in [5.41, 5.74) is 0.0541. The molecule has 2 amide bonds. The van der Waals surface area contributed by atoms with Crippen LogP contribution >= 0.6 is 0 Å². The Hall–Kier alpha value is -2.32. The van der Waals surface area contributed by atoms with Gasteiger partial charge < -0.3 is 15.5 Å². The minimum Gasteiger partial charge on any atom is -0.376 e. The Labute approximate surface area is 130 Å². The van der Waals surface area contributed by atoms with Crippen molar-refractivity contribution in [2.75, 3.05) is 32.5 Å². The molecule has 0 saturated heterocycles. The number of amides is 2. The van der Waals surface area contributed by atoms with Crippen molar-refractivity contribution in [3.05, 3.63) is 29.1 Å². The molecule has 0 aliphatic heterocycles. The number of alkyl halides is 3. The van der Waals surface area contributed by atoms with E-state index < -0.39 is 24.4 Å². The van der Waals surface area contributed by atoms with Crippen LogP contribution in [-0.4, -0.2) is 50.1 Å². The molecule has 0 radical (unpaired) electrons. The van der Waals surface area contributed by atoms with E-state index in [0.717, 1.165) is 6.07 Å². The zero-order valence-electron chi connectivity index (χ0n) is 12.8. The fraction of sp³-hybridized carbons (Fsp3) is 0.429. The first-order chi connectivity index (χ1) is 10.5. The Bertz CT molecular complexity index is 600. The van der Waals surface area contributed by atoms with Crippen LogP contribution in [0.4, 0.5) is 23.2 Å². The highest BCUT2D eigenvalue weighted by Gasteiger charge is 2.28. The predicted octanol–water partition coefficient (Wildman–Crippen LogP) is 1.93. The zero-order valence-corrected chi connectivity index (χ0v) is 12.8. The van der Waals surface area contributed by atoms with Crippen LogP contribution in [0.2, 0.25) is 0 Å². The second-order valence-electron chi connectivity index (χ2n) is 5.07. The van der Waals surface area contributed by atoms with Gasteiger partial charge in [0.1, 0.15) is 12.4 Å². The van der Waals surface area contributed by atoms with E-state index in [4.69, 9.17) is 0 Å². The third kappa shape index (κ3) is 5.76. The van der Waals surface area contributed by atoms with E-state index in [9.17, 15) is 27.2 Å². The van der Waals surface area contributed by atoms with E-state index in [0.29, 0.717) is 0 Å². The number of hydrogen-bond donors (Lipinski definition) is 2. The first-order valence-electron chi connectivity index (χ1n) is 6.60. The second-order valence-corrected chi connectivity index (χ2v) is 5.07. The molecule has 0 aliphatic rings. The summed E-state index contributed by atoms with van der Waals surface area (Å²) in [5.74, 6) is -2.09. The van der Waals surface area contributed by atoms with Gasteiger partial charge in [-0.05, 0) is 19.1 Å². The predicted molar refractivity (Wildman–Crippen MR) is 76.7 cm³/mol. The Kier molecular flexibility index (Phi) is 5.94. The number of carbonyl (C=O) groups excluding carboxylic acids is 2. The molecule has 0 spiro atoms. The third-order valence-electron chi connectivity index (χ3n) is 2.98. The maximum atomic E-state index is 13.8. The van der Waals surface area contributed by atoms with Gasteiger partial charge in [-0.15, -0.1) is 0 Å². The number of nitrogens with one attached hydrogen (secondary N) is 2. The molecule has 0 fully saturated rings. The van der Waals surface area contributed by atoms with Crippen molar-refractivity contribution in [1.82, 2.24) is 10.2 Å². The molecule has 23 heavy (non-hydrogen) atoms. The van der Waals surface area contributed by atoms with Crippen LogP contribution < -0.4 is 10.6 Å². The number of likely N-dealkylation sites (N-methyl/N-ethyl adjacent to an activating group) is 1. The molecule has 1 rings (SSSR count). The summed E-state index contributed by atoms with van der Waals surface area (Å²) in [6.45, 7) is -0.223. The smallest absolute Gasteiger partial charge is 0.376 e. The first-order valence-corrected chi connectivity index (χ1v) is 6.60. The van der Waals surface area contributed by atoms with Crippen molar-refractivity contribution in [2.24, 2.45) is 0 Å². The first kappa shape index (κ1) is 18.7. The average Bonchev–Trinajstić information content (AvgIpc) is 2.44. The van der Waals surface area contributed by atoms with Crippen molar-refractivity contribution in [3.63, 3.8) is 0 Å². The molecule has 128 valence electrons. The summed E-state index contributed by atoms with van der Waals surface area (Å²) < 4.78 is 50.1. The molecule has 0 aliphatic carbocycles. The van der Waals surface area contributed by atoms with Crippen LogP contribution in [0.5, 0.6) is 0 Å². The van der Waals surface area contributed by atoms with E-state index in [1.54, 1.807) is 19.4 Å². The summed E-state index contributed by atoms with van der Waals surface area (Å²) in [6.07, 6.45) is -4.56. The van der Waals surface area contributed by atoms with Gasteiger partial charge in [-0.25, -0.2) is 4.39 Å². The number of benzene rings is 1. The Morgan fingerprint density at radius 1 is 1.22 bits per heavy atom. The Morgan fingerprint density at radius 3 is 2.35 bits per heavy atom. The fourth-order valence-corrected chi connectivity index (χ4v) is 1.61. The summed E-state index contributed by atoms with van der Waals surface area (Å²) in [6, 6.07) is 2.05. The number of hydrogen-bond acceptors (Lipinski definition) is 3. The monoisotopic (exact) mass is 335 g/mol. The molecule has 1 aromatic rings. The van der Waals surface area contributed by atoms with Gasteiger partial charge in [-0.3, -0.25) is 9.59 Å². The molecule has 0 unspecified atom stereocenters. The summed E-state index contributed by atoms with van der Waals surface area (Å²) in [5, 5.41) is 4.33. The van der Waals surface area contributed by atoms with Crippen LogP contribution in [-0.2, 0) is 4.79 Å². The van der Waals surface area contributed by atoms with Crippen LogP contribution in [0.3, 0.4) is 0 Å². The lowest BCUT2D eigenvalue weighted by Gasteiger charge is -2.15. The normalized spacial score (nSPS) is 11.1. The van der Waals surface area contributed by atoms with Crippen LogP contribution in [0.15, 0.2) is 12.1 Å². The van der Waals surface area contributed by atoms with Gasteiger partial charge >= 0.3 is 6.18 Å². The minimum absolute atomic E-state index is 0.138. The lowest BCUT2D eigenvalue weighted by Crippen LogP contribution is -2.34. The molecule has 0 atom stereocenters. The highest BCUT2D eigenvalue weighted by Crippen LogP contribution is 2.21. The number of carbonyl (C=O) groups is 2. The Balaban J connectivity index is 2.90. The van der Waals surface area contributed by atoms with Gasteiger partial charge in [-0.1, -0.05) is 0 Å². The van der Waals surface area contributed by atoms with Crippen molar-refractivity contribution < 1.29 is 27.2 Å². The van der Waals surface area contributed by atoms with Gasteiger partial charge in [0.15, 0.2) is 0 Å². The molecule has 0 aromatic heterocycles. The van der Waals surface area contributed by atoms with Crippen LogP contribution in [0.25, 0.3) is 0 Å². The summed E-state index contributed by atoms with van der Waals surface area (Å²) >= 11 is 0. The molecule has 2 N–H and O–H groups in total. The van der Waals surface area contributed by atoms with E-state index in [-0.39, 0.29) is 29.3 Å². The van der Waals surface area contributed by atoms with E-state index in [1.165, 1.54) is 17.9 Å². The topological polar surface area (TPSA) is 61.4 Å².